The molecule has 0 unspecified atom stereocenters. The van der Waals surface area contributed by atoms with Crippen molar-refractivity contribution < 1.29 is 0 Å². The van der Waals surface area contributed by atoms with Crippen molar-refractivity contribution in [1.29, 1.82) is 0 Å². The van der Waals surface area contributed by atoms with E-state index in [2.05, 4.69) is 437 Å². The second-order valence-corrected chi connectivity index (χ2v) is 34.0. The highest BCUT2D eigenvalue weighted by Gasteiger charge is 2.24. The number of rotatable bonds is 9. The number of fused-ring (bicyclic) bond motifs is 27. The van der Waals surface area contributed by atoms with E-state index < -0.39 is 0 Å². The summed E-state index contributed by atoms with van der Waals surface area (Å²) in [7, 11) is 0. The Bertz CT molecular complexity index is 9170. The first kappa shape index (κ1) is 76.8. The molecule has 6 heteroatoms. The van der Waals surface area contributed by atoms with Crippen molar-refractivity contribution in [2.75, 3.05) is 0 Å². The van der Waals surface area contributed by atoms with E-state index in [-0.39, 0.29) is 0 Å². The molecule has 0 radical (unpaired) electrons. The summed E-state index contributed by atoms with van der Waals surface area (Å²) in [6, 6.07) is 168. The normalized spacial score (nSPS) is 11.6. The van der Waals surface area contributed by atoms with Gasteiger partial charge in [0, 0.05) is 65.7 Å². The lowest BCUT2D eigenvalue weighted by Gasteiger charge is -2.16. The van der Waals surface area contributed by atoms with Gasteiger partial charge in [0.05, 0.1) is 33.6 Å². The van der Waals surface area contributed by atoms with E-state index in [1.54, 1.807) is 0 Å². The van der Waals surface area contributed by atoms with E-state index in [1.807, 2.05) is 36.4 Å². The summed E-state index contributed by atoms with van der Waals surface area (Å²) in [5.41, 5.74) is 19.1. The number of benzene rings is 24. The zero-order valence-electron chi connectivity index (χ0n) is 71.7. The van der Waals surface area contributed by atoms with Gasteiger partial charge in [-0.1, -0.05) is 437 Å². The molecular formula is C126H78N6. The molecule has 3 heterocycles. The van der Waals surface area contributed by atoms with Crippen molar-refractivity contribution in [3.8, 4) is 101 Å². The lowest BCUT2D eigenvalue weighted by molar-refractivity contribution is 1.23. The van der Waals surface area contributed by atoms with Crippen LogP contribution >= 0.6 is 0 Å². The molecule has 612 valence electrons. The minimum atomic E-state index is 0.730. The SMILES string of the molecule is c1ccc(-c2cc3c(-c4ccccc4)nc(-c4ccc5c6ccccc6c6ccccc6c5c4)nc3c3ccccc23)cc1.c1ccc(-c2nc(-c3ccc4c5ccccc5c5ccccc5c4c3)c3cc(-c4ccccc4)c4ccccc4c3n2)cc1.c1ccc(-c2nc(-c3ccccc3)c3cc(-c4ccc5c6ccccc6c6ccccc6c5c4)c4ccccc4c3n2)cc1. The van der Waals surface area contributed by atoms with Crippen LogP contribution in [0.1, 0.15) is 0 Å². The molecule has 3 aromatic heterocycles. The van der Waals surface area contributed by atoms with E-state index in [0.29, 0.717) is 0 Å². The second-order valence-electron chi connectivity index (χ2n) is 34.0. The van der Waals surface area contributed by atoms with Gasteiger partial charge in [0.1, 0.15) is 0 Å². The largest absolute Gasteiger partial charge is 0.227 e. The summed E-state index contributed by atoms with van der Waals surface area (Å²) in [6.07, 6.45) is 0. The first-order valence-corrected chi connectivity index (χ1v) is 45.0. The van der Waals surface area contributed by atoms with E-state index in [9.17, 15) is 0 Å². The van der Waals surface area contributed by atoms with Crippen LogP contribution in [-0.2, 0) is 0 Å². The van der Waals surface area contributed by atoms with Crippen molar-refractivity contribution in [2.45, 2.75) is 0 Å². The van der Waals surface area contributed by atoms with Gasteiger partial charge in [0.2, 0.25) is 0 Å². The van der Waals surface area contributed by atoms with Gasteiger partial charge in [0.15, 0.2) is 17.5 Å². The molecule has 0 N–H and O–H groups in total. The highest BCUT2D eigenvalue weighted by atomic mass is 14.9. The first-order valence-electron chi connectivity index (χ1n) is 45.0. The van der Waals surface area contributed by atoms with E-state index in [0.717, 1.165) is 117 Å². The van der Waals surface area contributed by atoms with Gasteiger partial charge in [-0.25, -0.2) is 29.9 Å². The predicted octanol–water partition coefficient (Wildman–Crippen LogP) is 33.7. The first-order chi connectivity index (χ1) is 65.5. The maximum Gasteiger partial charge on any atom is 0.160 e. The number of aromatic nitrogens is 6. The Kier molecular flexibility index (Phi) is 18.8. The third kappa shape index (κ3) is 13.3. The Balaban J connectivity index is 0.000000106. The van der Waals surface area contributed by atoms with Crippen LogP contribution in [0.25, 0.3) is 263 Å². The van der Waals surface area contributed by atoms with Crippen LogP contribution in [0.2, 0.25) is 0 Å². The molecule has 132 heavy (non-hydrogen) atoms. The van der Waals surface area contributed by atoms with Crippen molar-refractivity contribution in [2.24, 2.45) is 0 Å². The lowest BCUT2D eigenvalue weighted by Crippen LogP contribution is -1.97. The van der Waals surface area contributed by atoms with Gasteiger partial charge in [-0.3, -0.25) is 0 Å². The molecule has 0 spiro atoms. The van der Waals surface area contributed by atoms with Crippen LogP contribution in [0.4, 0.5) is 0 Å². The van der Waals surface area contributed by atoms with Gasteiger partial charge in [0.25, 0.3) is 0 Å². The van der Waals surface area contributed by atoms with Crippen molar-refractivity contribution in [1.82, 2.24) is 29.9 Å². The Morgan fingerprint density at radius 2 is 0.288 bits per heavy atom. The van der Waals surface area contributed by atoms with Gasteiger partial charge in [-0.15, -0.1) is 0 Å². The standard InChI is InChI=1S/3C42H26N2/c1-3-13-27(14-4-1)40-39-26-37(34-21-11-12-22-36(34)41(39)44-42(43-40)28-15-5-2-6-16-28)29-23-24-35-32-19-8-7-17-30(32)31-18-9-10-20-33(31)38(35)25-29;1-3-13-27(14-4-1)37-26-39-40(43-42(28-15-5-2-6-16-28)44-41(39)36-22-12-11-21-34(36)37)29-23-24-35-32-19-8-7-17-30(32)31-18-9-10-20-33(31)38(35)25-29;1-3-13-27(14-4-1)37-26-39-40(28-15-5-2-6-16-28)43-42(44-41(39)36-22-12-11-21-34(36)37)29-23-24-35-32-19-8-7-17-30(32)31-18-9-10-20-33(31)38(35)25-29/h3*1-26H. The lowest BCUT2D eigenvalue weighted by atomic mass is 9.89. The molecule has 0 aliphatic carbocycles. The molecule has 0 amide bonds. The zero-order chi connectivity index (χ0) is 87.1. The fourth-order valence-electron chi connectivity index (χ4n) is 20.4. The van der Waals surface area contributed by atoms with Crippen molar-refractivity contribution in [3.05, 3.63) is 473 Å². The molecular weight excluding hydrogens is 1600 g/mol. The third-order valence-corrected chi connectivity index (χ3v) is 26.5. The Morgan fingerprint density at radius 1 is 0.0985 bits per heavy atom. The summed E-state index contributed by atoms with van der Waals surface area (Å²) >= 11 is 0. The molecule has 0 aliphatic rings. The van der Waals surface area contributed by atoms with Crippen LogP contribution in [0.5, 0.6) is 0 Å². The highest BCUT2D eigenvalue weighted by molar-refractivity contribution is 6.30. The van der Waals surface area contributed by atoms with Crippen LogP contribution in [0.15, 0.2) is 473 Å². The van der Waals surface area contributed by atoms with Crippen molar-refractivity contribution in [3.63, 3.8) is 0 Å². The summed E-state index contributed by atoms with van der Waals surface area (Å²) in [5, 5.41) is 32.8. The monoisotopic (exact) mass is 1670 g/mol. The second kappa shape index (κ2) is 32.4. The van der Waals surface area contributed by atoms with Crippen LogP contribution in [0, 0.1) is 0 Å². The fraction of sp³-hybridized carbons (Fsp3) is 0. The van der Waals surface area contributed by atoms with E-state index in [4.69, 9.17) is 29.9 Å². The van der Waals surface area contributed by atoms with Gasteiger partial charge in [-0.05, 0) is 183 Å². The van der Waals surface area contributed by atoms with Crippen LogP contribution in [0.3, 0.4) is 0 Å². The Morgan fingerprint density at radius 3 is 0.583 bits per heavy atom. The van der Waals surface area contributed by atoms with E-state index >= 15 is 0 Å². The summed E-state index contributed by atoms with van der Waals surface area (Å²) in [6.45, 7) is 0. The molecule has 0 saturated heterocycles. The quantitative estimate of drug-likeness (QED) is 0.134. The zero-order valence-corrected chi connectivity index (χ0v) is 71.7. The molecule has 6 nitrogen and oxygen atoms in total. The van der Waals surface area contributed by atoms with Crippen molar-refractivity contribution >= 4 is 162 Å². The molecule has 0 atom stereocenters. The predicted molar refractivity (Wildman–Crippen MR) is 558 cm³/mol. The Labute approximate surface area is 761 Å². The summed E-state index contributed by atoms with van der Waals surface area (Å²) < 4.78 is 0. The maximum absolute atomic E-state index is 5.33. The van der Waals surface area contributed by atoms with Gasteiger partial charge < -0.3 is 0 Å². The average Bonchev–Trinajstić information content (AvgIpc) is 0.745. The van der Waals surface area contributed by atoms with Crippen LogP contribution in [-0.4, -0.2) is 29.9 Å². The van der Waals surface area contributed by atoms with Crippen LogP contribution < -0.4 is 0 Å². The number of nitrogens with zero attached hydrogens (tertiary/aromatic N) is 6. The highest BCUT2D eigenvalue weighted by Crippen LogP contribution is 2.48. The Hall–Kier alpha value is -17.6. The molecule has 0 bridgehead atoms. The molecule has 27 rings (SSSR count). The minimum Gasteiger partial charge on any atom is -0.227 e. The van der Waals surface area contributed by atoms with Gasteiger partial charge >= 0.3 is 0 Å². The maximum atomic E-state index is 5.33. The molecule has 0 saturated carbocycles. The van der Waals surface area contributed by atoms with Gasteiger partial charge in [-0.2, -0.15) is 0 Å². The topological polar surface area (TPSA) is 77.3 Å². The average molecular weight is 1680 g/mol. The molecule has 24 aromatic carbocycles. The molecule has 27 aromatic rings. The number of hydrogen-bond acceptors (Lipinski definition) is 6. The third-order valence-electron chi connectivity index (χ3n) is 26.5. The minimum absolute atomic E-state index is 0.730. The molecule has 0 aliphatic heterocycles. The van der Waals surface area contributed by atoms with E-state index in [1.165, 1.54) is 146 Å². The molecule has 0 fully saturated rings. The number of hydrogen-bond donors (Lipinski definition) is 0. The smallest absolute Gasteiger partial charge is 0.160 e. The fourth-order valence-corrected chi connectivity index (χ4v) is 20.4. The summed E-state index contributed by atoms with van der Waals surface area (Å²) in [5.74, 6) is 2.20. The summed E-state index contributed by atoms with van der Waals surface area (Å²) in [4.78, 5) is 31.6.